The van der Waals surface area contributed by atoms with Crippen molar-refractivity contribution in [3.63, 3.8) is 0 Å². The van der Waals surface area contributed by atoms with Gasteiger partial charge in [-0.1, -0.05) is 36.4 Å². The third-order valence-corrected chi connectivity index (χ3v) is 3.17. The van der Waals surface area contributed by atoms with Crippen LogP contribution in [0, 0.1) is 5.82 Å². The number of hydrogen-bond acceptors (Lipinski definition) is 5. The molecule has 0 saturated carbocycles. The van der Waals surface area contributed by atoms with Gasteiger partial charge in [0, 0.05) is 17.3 Å². The Morgan fingerprint density at radius 2 is 1.62 bits per heavy atom. The molecule has 1 aromatic heterocycles. The molecule has 3 rings (SSSR count). The second-order valence-corrected chi connectivity index (χ2v) is 5.61. The average molecular weight is 323 g/mol. The summed E-state index contributed by atoms with van der Waals surface area (Å²) in [5.74, 6) is 1.06. The van der Waals surface area contributed by atoms with E-state index in [0.717, 1.165) is 5.56 Å². The number of aromatic nitrogens is 3. The third-order valence-electron chi connectivity index (χ3n) is 3.17. The lowest BCUT2D eigenvalue weighted by molar-refractivity contribution is 0.628. The highest BCUT2D eigenvalue weighted by Crippen LogP contribution is 2.20. The van der Waals surface area contributed by atoms with E-state index < -0.39 is 0 Å². The van der Waals surface area contributed by atoms with E-state index in [1.165, 1.54) is 12.1 Å². The zero-order valence-electron chi connectivity index (χ0n) is 13.5. The van der Waals surface area contributed by atoms with Crippen molar-refractivity contribution in [2.24, 2.45) is 0 Å². The van der Waals surface area contributed by atoms with E-state index in [0.29, 0.717) is 23.4 Å². The molecule has 0 amide bonds. The van der Waals surface area contributed by atoms with Gasteiger partial charge in [-0.2, -0.15) is 15.0 Å². The molecule has 2 N–H and O–H groups in total. The highest BCUT2D eigenvalue weighted by Gasteiger charge is 2.10. The van der Waals surface area contributed by atoms with E-state index in [-0.39, 0.29) is 11.9 Å². The molecule has 5 nitrogen and oxygen atoms in total. The third kappa shape index (κ3) is 4.04. The van der Waals surface area contributed by atoms with Crippen molar-refractivity contribution in [2.45, 2.75) is 19.9 Å². The van der Waals surface area contributed by atoms with Gasteiger partial charge >= 0.3 is 0 Å². The van der Waals surface area contributed by atoms with Crippen molar-refractivity contribution < 1.29 is 4.39 Å². The first kappa shape index (κ1) is 15.9. The molecular weight excluding hydrogens is 305 g/mol. The van der Waals surface area contributed by atoms with Gasteiger partial charge in [0.15, 0.2) is 5.82 Å². The number of anilines is 3. The van der Waals surface area contributed by atoms with Crippen LogP contribution >= 0.6 is 0 Å². The summed E-state index contributed by atoms with van der Waals surface area (Å²) < 4.78 is 13.4. The summed E-state index contributed by atoms with van der Waals surface area (Å²) in [5, 5.41) is 6.20. The summed E-state index contributed by atoms with van der Waals surface area (Å²) in [7, 11) is 0. The van der Waals surface area contributed by atoms with E-state index in [1.54, 1.807) is 12.1 Å². The van der Waals surface area contributed by atoms with Gasteiger partial charge in [-0.05, 0) is 32.0 Å². The van der Waals surface area contributed by atoms with Crippen LogP contribution in [0.4, 0.5) is 22.0 Å². The monoisotopic (exact) mass is 323 g/mol. The zero-order chi connectivity index (χ0) is 16.9. The molecule has 0 aliphatic carbocycles. The molecule has 0 atom stereocenters. The lowest BCUT2D eigenvalue weighted by Crippen LogP contribution is -2.14. The molecule has 1 heterocycles. The largest absolute Gasteiger partial charge is 0.352 e. The van der Waals surface area contributed by atoms with Crippen LogP contribution in [0.25, 0.3) is 11.4 Å². The predicted molar refractivity (Wildman–Crippen MR) is 93.7 cm³/mol. The number of nitrogens with one attached hydrogen (secondary N) is 2. The van der Waals surface area contributed by atoms with E-state index in [9.17, 15) is 4.39 Å². The quantitative estimate of drug-likeness (QED) is 0.735. The van der Waals surface area contributed by atoms with Crippen molar-refractivity contribution in [1.82, 2.24) is 15.0 Å². The Labute approximate surface area is 140 Å². The van der Waals surface area contributed by atoms with E-state index in [1.807, 2.05) is 44.2 Å². The maximum atomic E-state index is 13.4. The SMILES string of the molecule is CC(C)Nc1nc(Nc2cccc(F)c2)nc(-c2ccccc2)n1. The molecule has 6 heteroatoms. The Kier molecular flexibility index (Phi) is 4.65. The van der Waals surface area contributed by atoms with Crippen LogP contribution in [0.1, 0.15) is 13.8 Å². The highest BCUT2D eigenvalue weighted by molar-refractivity contribution is 5.61. The van der Waals surface area contributed by atoms with Crippen LogP contribution in [0.3, 0.4) is 0 Å². The number of hydrogen-bond donors (Lipinski definition) is 2. The number of halogens is 1. The fraction of sp³-hybridized carbons (Fsp3) is 0.167. The van der Waals surface area contributed by atoms with Gasteiger partial charge in [0.2, 0.25) is 11.9 Å². The molecule has 0 aliphatic heterocycles. The van der Waals surface area contributed by atoms with Crippen molar-refractivity contribution in [3.05, 3.63) is 60.4 Å². The molecule has 0 saturated heterocycles. The summed E-state index contributed by atoms with van der Waals surface area (Å²) in [5.41, 5.74) is 1.46. The first-order chi connectivity index (χ1) is 11.6. The van der Waals surface area contributed by atoms with Crippen LogP contribution in [0.2, 0.25) is 0 Å². The molecule has 0 spiro atoms. The summed E-state index contributed by atoms with van der Waals surface area (Å²) in [6, 6.07) is 16.0. The van der Waals surface area contributed by atoms with Crippen LogP contribution < -0.4 is 10.6 Å². The Morgan fingerprint density at radius 1 is 0.875 bits per heavy atom. The topological polar surface area (TPSA) is 62.7 Å². The Balaban J connectivity index is 1.98. The minimum Gasteiger partial charge on any atom is -0.352 e. The molecule has 0 unspecified atom stereocenters. The van der Waals surface area contributed by atoms with Crippen molar-refractivity contribution in [3.8, 4) is 11.4 Å². The van der Waals surface area contributed by atoms with Crippen molar-refractivity contribution in [1.29, 1.82) is 0 Å². The minimum absolute atomic E-state index is 0.179. The van der Waals surface area contributed by atoms with Crippen LogP contribution in [0.5, 0.6) is 0 Å². The van der Waals surface area contributed by atoms with E-state index >= 15 is 0 Å². The van der Waals surface area contributed by atoms with Gasteiger partial charge in [0.05, 0.1) is 0 Å². The van der Waals surface area contributed by atoms with Gasteiger partial charge in [-0.25, -0.2) is 4.39 Å². The smallest absolute Gasteiger partial charge is 0.232 e. The molecule has 0 bridgehead atoms. The lowest BCUT2D eigenvalue weighted by Gasteiger charge is -2.12. The van der Waals surface area contributed by atoms with E-state index in [2.05, 4.69) is 25.6 Å². The molecule has 122 valence electrons. The molecular formula is C18H18FN5. The molecule has 24 heavy (non-hydrogen) atoms. The van der Waals surface area contributed by atoms with Gasteiger partial charge in [-0.3, -0.25) is 0 Å². The van der Waals surface area contributed by atoms with Crippen LogP contribution in [-0.4, -0.2) is 21.0 Å². The lowest BCUT2D eigenvalue weighted by atomic mass is 10.2. The molecule has 2 aromatic carbocycles. The summed E-state index contributed by atoms with van der Waals surface area (Å²) in [4.78, 5) is 13.3. The summed E-state index contributed by atoms with van der Waals surface area (Å²) >= 11 is 0. The van der Waals surface area contributed by atoms with Gasteiger partial charge in [0.1, 0.15) is 5.82 Å². The van der Waals surface area contributed by atoms with E-state index in [4.69, 9.17) is 0 Å². The first-order valence-corrected chi connectivity index (χ1v) is 7.71. The van der Waals surface area contributed by atoms with Gasteiger partial charge < -0.3 is 10.6 Å². The van der Waals surface area contributed by atoms with Gasteiger partial charge in [0.25, 0.3) is 0 Å². The minimum atomic E-state index is -0.321. The Hall–Kier alpha value is -3.02. The van der Waals surface area contributed by atoms with Gasteiger partial charge in [-0.15, -0.1) is 0 Å². The summed E-state index contributed by atoms with van der Waals surface area (Å²) in [6.45, 7) is 4.01. The number of nitrogens with zero attached hydrogens (tertiary/aromatic N) is 3. The summed E-state index contributed by atoms with van der Waals surface area (Å²) in [6.07, 6.45) is 0. The second kappa shape index (κ2) is 7.04. The van der Waals surface area contributed by atoms with Crippen molar-refractivity contribution >= 4 is 17.6 Å². The standard InChI is InChI=1S/C18H18FN5/c1-12(2)20-17-22-16(13-7-4-3-5-8-13)23-18(24-17)21-15-10-6-9-14(19)11-15/h3-12H,1-2H3,(H2,20,21,22,23,24). The average Bonchev–Trinajstić information content (AvgIpc) is 2.55. The predicted octanol–water partition coefficient (Wildman–Crippen LogP) is 4.24. The number of benzene rings is 2. The van der Waals surface area contributed by atoms with Crippen LogP contribution in [0.15, 0.2) is 54.6 Å². The Morgan fingerprint density at radius 3 is 2.33 bits per heavy atom. The molecule has 0 aliphatic rings. The molecule has 0 radical (unpaired) electrons. The molecule has 3 aromatic rings. The first-order valence-electron chi connectivity index (χ1n) is 7.71. The fourth-order valence-electron chi connectivity index (χ4n) is 2.17. The Bertz CT molecular complexity index is 821. The normalized spacial score (nSPS) is 10.7. The second-order valence-electron chi connectivity index (χ2n) is 5.61. The zero-order valence-corrected chi connectivity index (χ0v) is 13.5. The maximum absolute atomic E-state index is 13.4. The molecule has 0 fully saturated rings. The number of rotatable bonds is 5. The van der Waals surface area contributed by atoms with Crippen LogP contribution in [-0.2, 0) is 0 Å². The van der Waals surface area contributed by atoms with Crippen molar-refractivity contribution in [2.75, 3.05) is 10.6 Å². The fourth-order valence-corrected chi connectivity index (χ4v) is 2.17. The maximum Gasteiger partial charge on any atom is 0.232 e. The highest BCUT2D eigenvalue weighted by atomic mass is 19.1.